The van der Waals surface area contributed by atoms with Crippen molar-refractivity contribution in [1.82, 2.24) is 4.90 Å². The molecule has 4 nitrogen and oxygen atoms in total. The van der Waals surface area contributed by atoms with Crippen LogP contribution in [0.2, 0.25) is 0 Å². The number of Topliss-reactive ketones (excluding diaryl/α,β-unsaturated/α-hetero) is 1. The van der Waals surface area contributed by atoms with E-state index in [2.05, 4.69) is 6.07 Å². The molecule has 0 aliphatic rings. The van der Waals surface area contributed by atoms with Crippen LogP contribution in [0.4, 0.5) is 8.78 Å². The highest BCUT2D eigenvalue weighted by atomic mass is 19.1. The zero-order chi connectivity index (χ0) is 31.8. The maximum atomic E-state index is 14.0. The van der Waals surface area contributed by atoms with E-state index in [1.807, 2.05) is 69.3 Å². The van der Waals surface area contributed by atoms with Crippen molar-refractivity contribution < 1.29 is 23.5 Å². The largest absolute Gasteiger partial charge is 0.393 e. The Hall–Kier alpha value is -4.16. The lowest BCUT2D eigenvalue weighted by molar-refractivity contribution is 0.0740. The topological polar surface area (TPSA) is 57.6 Å². The number of ketones is 1. The van der Waals surface area contributed by atoms with Crippen LogP contribution in [0.3, 0.4) is 0 Å². The van der Waals surface area contributed by atoms with Crippen molar-refractivity contribution >= 4 is 11.7 Å². The van der Waals surface area contributed by atoms with Crippen molar-refractivity contribution in [1.29, 1.82) is 0 Å². The summed E-state index contributed by atoms with van der Waals surface area (Å²) in [5.41, 5.74) is 5.26. The summed E-state index contributed by atoms with van der Waals surface area (Å²) in [4.78, 5) is 28.8. The maximum Gasteiger partial charge on any atom is 0.254 e. The molecule has 0 bridgehead atoms. The molecule has 0 heterocycles. The minimum absolute atomic E-state index is 0.0307. The third-order valence-electron chi connectivity index (χ3n) is 8.29. The molecule has 0 spiro atoms. The second-order valence-electron chi connectivity index (χ2n) is 11.9. The van der Waals surface area contributed by atoms with Gasteiger partial charge in [0.15, 0.2) is 5.78 Å². The Kier molecular flexibility index (Phi) is 11.2. The molecule has 1 amide bonds. The highest BCUT2D eigenvalue weighted by Gasteiger charge is 2.26. The van der Waals surface area contributed by atoms with Gasteiger partial charge in [-0.2, -0.15) is 0 Å². The van der Waals surface area contributed by atoms with Crippen molar-refractivity contribution in [3.8, 4) is 0 Å². The van der Waals surface area contributed by atoms with Gasteiger partial charge < -0.3 is 10.0 Å². The van der Waals surface area contributed by atoms with Crippen molar-refractivity contribution in [3.63, 3.8) is 0 Å². The lowest BCUT2D eigenvalue weighted by Crippen LogP contribution is -2.30. The third-order valence-corrected chi connectivity index (χ3v) is 8.29. The van der Waals surface area contributed by atoms with Crippen molar-refractivity contribution in [2.75, 3.05) is 7.05 Å². The molecular weight excluding hydrogens is 556 g/mol. The zero-order valence-electron chi connectivity index (χ0n) is 25.9. The summed E-state index contributed by atoms with van der Waals surface area (Å²) in [6.07, 6.45) is 1.15. The monoisotopic (exact) mass is 597 g/mol. The molecule has 0 unspecified atom stereocenters. The Labute approximate surface area is 259 Å². The van der Waals surface area contributed by atoms with Gasteiger partial charge in [-0.05, 0) is 105 Å². The highest BCUT2D eigenvalue weighted by Crippen LogP contribution is 2.26. The molecule has 0 radical (unpaired) electrons. The van der Waals surface area contributed by atoms with Gasteiger partial charge in [-0.3, -0.25) is 9.59 Å². The minimum atomic E-state index is -0.862. The average molecular weight is 598 g/mol. The van der Waals surface area contributed by atoms with Crippen LogP contribution in [0.15, 0.2) is 91.0 Å². The molecule has 0 fully saturated rings. The number of carbonyl (C=O) groups is 2. The van der Waals surface area contributed by atoms with Crippen LogP contribution in [0.25, 0.3) is 0 Å². The number of benzene rings is 4. The van der Waals surface area contributed by atoms with E-state index in [0.29, 0.717) is 29.5 Å². The Morgan fingerprint density at radius 2 is 1.48 bits per heavy atom. The van der Waals surface area contributed by atoms with Gasteiger partial charge in [-0.25, -0.2) is 8.78 Å². The Morgan fingerprint density at radius 1 is 0.795 bits per heavy atom. The fraction of sp³-hybridized carbons (Fsp3) is 0.316. The number of rotatable bonds is 13. The van der Waals surface area contributed by atoms with Crippen LogP contribution in [0.5, 0.6) is 0 Å². The van der Waals surface area contributed by atoms with E-state index >= 15 is 0 Å². The van der Waals surface area contributed by atoms with E-state index in [1.165, 1.54) is 17.7 Å². The fourth-order valence-corrected chi connectivity index (χ4v) is 5.75. The number of nitrogens with zero attached hydrogens (tertiary/aromatic N) is 1. The molecule has 6 heteroatoms. The Bertz CT molecular complexity index is 1570. The summed E-state index contributed by atoms with van der Waals surface area (Å²) in [6.45, 7) is 5.82. The van der Waals surface area contributed by atoms with Crippen LogP contribution in [-0.2, 0) is 12.8 Å². The number of carbonyl (C=O) groups excluding carboxylic acids is 2. The summed E-state index contributed by atoms with van der Waals surface area (Å²) in [5, 5.41) is 11.3. The van der Waals surface area contributed by atoms with Crippen molar-refractivity contribution in [3.05, 3.63) is 142 Å². The molecule has 4 aromatic carbocycles. The van der Waals surface area contributed by atoms with E-state index in [4.69, 9.17) is 0 Å². The summed E-state index contributed by atoms with van der Waals surface area (Å²) in [6, 6.07) is 26.1. The Morgan fingerprint density at radius 3 is 2.16 bits per heavy atom. The van der Waals surface area contributed by atoms with Gasteiger partial charge in [0.05, 0.1) is 12.1 Å². The number of amides is 1. The fourth-order valence-electron chi connectivity index (χ4n) is 5.75. The molecule has 230 valence electrons. The third kappa shape index (κ3) is 8.93. The van der Waals surface area contributed by atoms with Gasteiger partial charge in [0.25, 0.3) is 5.91 Å². The van der Waals surface area contributed by atoms with Gasteiger partial charge in [0.2, 0.25) is 0 Å². The molecular formula is C38H41F2NO3. The number of aryl methyl sites for hydroxylation is 3. The second kappa shape index (κ2) is 15.0. The first-order chi connectivity index (χ1) is 21.0. The maximum absolute atomic E-state index is 14.0. The molecule has 1 N–H and O–H groups in total. The van der Waals surface area contributed by atoms with Crippen molar-refractivity contribution in [2.45, 2.75) is 65.0 Å². The van der Waals surface area contributed by atoms with Crippen LogP contribution in [0.1, 0.15) is 80.8 Å². The van der Waals surface area contributed by atoms with E-state index in [0.717, 1.165) is 29.2 Å². The van der Waals surface area contributed by atoms with E-state index in [1.54, 1.807) is 30.1 Å². The lowest BCUT2D eigenvalue weighted by atomic mass is 9.85. The number of aliphatic hydroxyl groups is 1. The molecule has 0 aliphatic heterocycles. The van der Waals surface area contributed by atoms with Gasteiger partial charge in [-0.15, -0.1) is 0 Å². The molecule has 4 rings (SSSR count). The van der Waals surface area contributed by atoms with Crippen LogP contribution >= 0.6 is 0 Å². The first kappa shape index (κ1) is 32.7. The van der Waals surface area contributed by atoms with Crippen LogP contribution < -0.4 is 0 Å². The van der Waals surface area contributed by atoms with E-state index in [-0.39, 0.29) is 30.6 Å². The van der Waals surface area contributed by atoms with Crippen LogP contribution in [0, 0.1) is 31.4 Å². The molecule has 3 atom stereocenters. The molecule has 0 saturated carbocycles. The second-order valence-corrected chi connectivity index (χ2v) is 11.9. The standard InChI is InChI=1S/C38H41F2NO3/c1-25-10-8-11-28(16-25)12-9-15-36(42)32(19-29-20-34(39)24-35(40)21-29)23-37(43)31-17-26(2)18-33(22-31)38(44)41(4)27(3)30-13-6-5-7-14-30/h5-8,10-11,13-14,16-18,20-22,24,27,32,36,42H,9,12,15,19,23H2,1-4H3/t27-,32-,36-/m1/s1. The van der Waals surface area contributed by atoms with Gasteiger partial charge >= 0.3 is 0 Å². The van der Waals surface area contributed by atoms with E-state index in [9.17, 15) is 23.5 Å². The van der Waals surface area contributed by atoms with Gasteiger partial charge in [0, 0.05) is 30.7 Å². The van der Waals surface area contributed by atoms with Crippen LogP contribution in [-0.4, -0.2) is 34.8 Å². The summed E-state index contributed by atoms with van der Waals surface area (Å²) < 4.78 is 28.0. The first-order valence-corrected chi connectivity index (χ1v) is 15.2. The SMILES string of the molecule is Cc1cccc(CCC[C@@H](O)[C@@H](CC(=O)c2cc(C)cc(C(=O)N(C)[C@H](C)c3ccccc3)c2)Cc2cc(F)cc(F)c2)c1. The predicted octanol–water partition coefficient (Wildman–Crippen LogP) is 8.23. The number of aliphatic hydroxyl groups excluding tert-OH is 1. The average Bonchev–Trinajstić information content (AvgIpc) is 2.99. The zero-order valence-corrected chi connectivity index (χ0v) is 25.9. The summed E-state index contributed by atoms with van der Waals surface area (Å²) in [7, 11) is 1.74. The normalized spacial score (nSPS) is 13.2. The van der Waals surface area contributed by atoms with E-state index < -0.39 is 23.7 Å². The predicted molar refractivity (Wildman–Crippen MR) is 171 cm³/mol. The smallest absolute Gasteiger partial charge is 0.254 e. The molecule has 4 aromatic rings. The number of halogens is 2. The molecule has 0 saturated heterocycles. The molecule has 44 heavy (non-hydrogen) atoms. The first-order valence-electron chi connectivity index (χ1n) is 15.2. The quantitative estimate of drug-likeness (QED) is 0.158. The Balaban J connectivity index is 1.52. The molecule has 0 aromatic heterocycles. The van der Waals surface area contributed by atoms with Crippen molar-refractivity contribution in [2.24, 2.45) is 5.92 Å². The highest BCUT2D eigenvalue weighted by molar-refractivity contribution is 6.01. The number of hydrogen-bond acceptors (Lipinski definition) is 3. The summed E-state index contributed by atoms with van der Waals surface area (Å²) in [5.74, 6) is -2.41. The molecule has 0 aliphatic carbocycles. The van der Waals surface area contributed by atoms with Gasteiger partial charge in [-0.1, -0.05) is 60.2 Å². The van der Waals surface area contributed by atoms with Gasteiger partial charge in [0.1, 0.15) is 11.6 Å². The lowest BCUT2D eigenvalue weighted by Gasteiger charge is -2.26. The number of hydrogen-bond donors (Lipinski definition) is 1. The summed E-state index contributed by atoms with van der Waals surface area (Å²) >= 11 is 0. The minimum Gasteiger partial charge on any atom is -0.393 e.